The maximum absolute atomic E-state index is 11.8. The summed E-state index contributed by atoms with van der Waals surface area (Å²) >= 11 is 18.3. The largest absolute Gasteiger partial charge is 0.359 e. The SMILES string of the molecule is O=c1c(Br)c[nH]c2c(Cl)c(Cl)c(Br)cc12. The molecule has 0 aliphatic carbocycles. The molecule has 78 valence electrons. The lowest BCUT2D eigenvalue weighted by Gasteiger charge is -2.04. The van der Waals surface area contributed by atoms with Gasteiger partial charge < -0.3 is 4.98 Å². The van der Waals surface area contributed by atoms with Gasteiger partial charge in [-0.15, -0.1) is 0 Å². The lowest BCUT2D eigenvalue weighted by Crippen LogP contribution is -2.03. The van der Waals surface area contributed by atoms with Crippen molar-refractivity contribution in [1.82, 2.24) is 4.98 Å². The summed E-state index contributed by atoms with van der Waals surface area (Å²) in [6.45, 7) is 0. The minimum atomic E-state index is -0.122. The van der Waals surface area contributed by atoms with Gasteiger partial charge in [0.05, 0.1) is 20.0 Å². The zero-order chi connectivity index (χ0) is 11.2. The third kappa shape index (κ3) is 1.84. The Morgan fingerprint density at radius 1 is 1.13 bits per heavy atom. The number of pyridine rings is 1. The molecule has 0 aliphatic heterocycles. The van der Waals surface area contributed by atoms with E-state index in [0.29, 0.717) is 29.9 Å². The summed E-state index contributed by atoms with van der Waals surface area (Å²) in [6, 6.07) is 1.65. The number of halogens is 4. The Morgan fingerprint density at radius 2 is 1.80 bits per heavy atom. The van der Waals surface area contributed by atoms with Crippen molar-refractivity contribution in [2.24, 2.45) is 0 Å². The Hall–Kier alpha value is -0.0300. The van der Waals surface area contributed by atoms with E-state index in [4.69, 9.17) is 23.2 Å². The standard InChI is InChI=1S/C9H3Br2Cl2NO/c10-4-1-3-8(7(13)6(4)12)14-2-5(11)9(3)15/h1-2H,(H,14,15). The van der Waals surface area contributed by atoms with Crippen LogP contribution in [0, 0.1) is 0 Å². The van der Waals surface area contributed by atoms with Crippen LogP contribution in [0.25, 0.3) is 10.9 Å². The summed E-state index contributed by atoms with van der Waals surface area (Å²) in [6.07, 6.45) is 1.54. The van der Waals surface area contributed by atoms with Gasteiger partial charge >= 0.3 is 0 Å². The van der Waals surface area contributed by atoms with Crippen LogP contribution in [0.1, 0.15) is 0 Å². The van der Waals surface area contributed by atoms with Crippen LogP contribution < -0.4 is 5.43 Å². The van der Waals surface area contributed by atoms with Crippen LogP contribution in [0.3, 0.4) is 0 Å². The van der Waals surface area contributed by atoms with Crippen LogP contribution in [-0.2, 0) is 0 Å². The molecule has 1 heterocycles. The average molecular weight is 372 g/mol. The lowest BCUT2D eigenvalue weighted by atomic mass is 10.2. The predicted octanol–water partition coefficient (Wildman–Crippen LogP) is 4.36. The van der Waals surface area contributed by atoms with E-state index >= 15 is 0 Å². The van der Waals surface area contributed by atoms with Gasteiger partial charge in [-0.05, 0) is 37.9 Å². The zero-order valence-corrected chi connectivity index (χ0v) is 11.8. The van der Waals surface area contributed by atoms with E-state index in [2.05, 4.69) is 36.8 Å². The maximum atomic E-state index is 11.8. The minimum absolute atomic E-state index is 0.122. The Bertz CT molecular complexity index is 609. The van der Waals surface area contributed by atoms with Gasteiger partial charge in [0.25, 0.3) is 0 Å². The van der Waals surface area contributed by atoms with Crippen molar-refractivity contribution >= 4 is 66.0 Å². The number of aromatic amines is 1. The number of hydrogen-bond acceptors (Lipinski definition) is 1. The van der Waals surface area contributed by atoms with Crippen molar-refractivity contribution in [1.29, 1.82) is 0 Å². The summed E-state index contributed by atoms with van der Waals surface area (Å²) in [5.41, 5.74) is 0.418. The molecule has 0 aliphatic rings. The van der Waals surface area contributed by atoms with Gasteiger partial charge in [0.15, 0.2) is 0 Å². The number of hydrogen-bond donors (Lipinski definition) is 1. The van der Waals surface area contributed by atoms with Gasteiger partial charge in [0.2, 0.25) is 5.43 Å². The first-order valence-electron chi connectivity index (χ1n) is 3.86. The van der Waals surface area contributed by atoms with Crippen molar-refractivity contribution in [3.8, 4) is 0 Å². The molecule has 0 saturated heterocycles. The van der Waals surface area contributed by atoms with Crippen LogP contribution in [0.15, 0.2) is 26.0 Å². The number of fused-ring (bicyclic) bond motifs is 1. The second kappa shape index (κ2) is 4.09. The first-order chi connectivity index (χ1) is 7.02. The molecule has 0 radical (unpaired) electrons. The number of aromatic nitrogens is 1. The van der Waals surface area contributed by atoms with Gasteiger partial charge in [-0.2, -0.15) is 0 Å². The summed E-state index contributed by atoms with van der Waals surface area (Å²) in [4.78, 5) is 14.7. The molecule has 0 bridgehead atoms. The number of nitrogens with one attached hydrogen (secondary N) is 1. The molecule has 0 fully saturated rings. The van der Waals surface area contributed by atoms with E-state index in [1.807, 2.05) is 0 Å². The molecule has 1 aromatic carbocycles. The summed E-state index contributed by atoms with van der Waals surface area (Å²) in [7, 11) is 0. The van der Waals surface area contributed by atoms with Crippen LogP contribution >= 0.6 is 55.1 Å². The van der Waals surface area contributed by atoms with Gasteiger partial charge in [0, 0.05) is 16.1 Å². The highest BCUT2D eigenvalue weighted by Gasteiger charge is 2.12. The molecule has 6 heteroatoms. The molecule has 0 amide bonds. The smallest absolute Gasteiger partial charge is 0.203 e. The van der Waals surface area contributed by atoms with Crippen LogP contribution in [0.5, 0.6) is 0 Å². The van der Waals surface area contributed by atoms with E-state index < -0.39 is 0 Å². The van der Waals surface area contributed by atoms with Crippen LogP contribution in [0.2, 0.25) is 10.0 Å². The number of H-pyrrole nitrogens is 1. The van der Waals surface area contributed by atoms with E-state index in [1.165, 1.54) is 0 Å². The van der Waals surface area contributed by atoms with E-state index in [-0.39, 0.29) is 5.43 Å². The Labute approximate surface area is 112 Å². The normalized spacial score (nSPS) is 10.9. The third-order valence-electron chi connectivity index (χ3n) is 1.97. The van der Waals surface area contributed by atoms with Crippen LogP contribution in [0.4, 0.5) is 0 Å². The van der Waals surface area contributed by atoms with Gasteiger partial charge in [-0.25, -0.2) is 0 Å². The molecule has 15 heavy (non-hydrogen) atoms. The molecule has 0 saturated carbocycles. The highest BCUT2D eigenvalue weighted by molar-refractivity contribution is 9.10. The molecule has 0 unspecified atom stereocenters. The lowest BCUT2D eigenvalue weighted by molar-refractivity contribution is 1.36. The van der Waals surface area contributed by atoms with Crippen molar-refractivity contribution < 1.29 is 0 Å². The molecule has 2 rings (SSSR count). The molecular formula is C9H3Br2Cl2NO. The molecule has 0 atom stereocenters. The summed E-state index contributed by atoms with van der Waals surface area (Å²) < 4.78 is 1.06. The first kappa shape index (κ1) is 11.5. The first-order valence-corrected chi connectivity index (χ1v) is 6.21. The minimum Gasteiger partial charge on any atom is -0.359 e. The van der Waals surface area contributed by atoms with E-state index in [1.54, 1.807) is 12.3 Å². The highest BCUT2D eigenvalue weighted by Crippen LogP contribution is 2.35. The summed E-state index contributed by atoms with van der Waals surface area (Å²) in [5.74, 6) is 0. The third-order valence-corrected chi connectivity index (χ3v) is 4.28. The predicted molar refractivity (Wildman–Crippen MR) is 70.0 cm³/mol. The van der Waals surface area contributed by atoms with E-state index in [0.717, 1.165) is 0 Å². The monoisotopic (exact) mass is 369 g/mol. The molecule has 2 nitrogen and oxygen atoms in total. The van der Waals surface area contributed by atoms with Crippen LogP contribution in [-0.4, -0.2) is 4.98 Å². The molecule has 1 N–H and O–H groups in total. The van der Waals surface area contributed by atoms with Crippen molar-refractivity contribution in [2.75, 3.05) is 0 Å². The highest BCUT2D eigenvalue weighted by atomic mass is 79.9. The average Bonchev–Trinajstić information content (AvgIpc) is 2.21. The second-order valence-electron chi connectivity index (χ2n) is 2.87. The number of rotatable bonds is 0. The fourth-order valence-electron chi connectivity index (χ4n) is 1.24. The Morgan fingerprint density at radius 3 is 2.47 bits per heavy atom. The quantitative estimate of drug-likeness (QED) is 0.686. The topological polar surface area (TPSA) is 32.9 Å². The summed E-state index contributed by atoms with van der Waals surface area (Å²) in [5, 5.41) is 1.22. The van der Waals surface area contributed by atoms with E-state index in [9.17, 15) is 4.79 Å². The molecule has 2 aromatic rings. The fourth-order valence-corrected chi connectivity index (χ4v) is 2.52. The molecular weight excluding hydrogens is 369 g/mol. The fraction of sp³-hybridized carbons (Fsp3) is 0. The molecule has 0 spiro atoms. The number of benzene rings is 1. The molecule has 1 aromatic heterocycles. The van der Waals surface area contributed by atoms with Gasteiger partial charge in [0.1, 0.15) is 0 Å². The zero-order valence-electron chi connectivity index (χ0n) is 7.07. The van der Waals surface area contributed by atoms with Gasteiger partial charge in [-0.1, -0.05) is 23.2 Å². The Balaban J connectivity index is 3.05. The van der Waals surface area contributed by atoms with Crippen molar-refractivity contribution in [3.63, 3.8) is 0 Å². The van der Waals surface area contributed by atoms with Crippen molar-refractivity contribution in [2.45, 2.75) is 0 Å². The van der Waals surface area contributed by atoms with Crippen molar-refractivity contribution in [3.05, 3.63) is 41.5 Å². The van der Waals surface area contributed by atoms with Gasteiger partial charge in [-0.3, -0.25) is 4.79 Å². The Kier molecular flexibility index (Phi) is 3.12. The second-order valence-corrected chi connectivity index (χ2v) is 5.34. The maximum Gasteiger partial charge on any atom is 0.203 e.